The molecule has 1 aromatic carbocycles. The molecular weight excluding hydrogens is 282 g/mol. The van der Waals surface area contributed by atoms with Crippen molar-refractivity contribution >= 4 is 11.9 Å². The molecule has 0 saturated carbocycles. The molecule has 1 aliphatic carbocycles. The summed E-state index contributed by atoms with van der Waals surface area (Å²) in [5.74, 6) is -0.679. The Hall–Kier alpha value is -2.04. The summed E-state index contributed by atoms with van der Waals surface area (Å²) in [6.07, 6.45) is 4.76. The van der Waals surface area contributed by atoms with Crippen molar-refractivity contribution in [2.24, 2.45) is 5.92 Å². The molecule has 0 spiro atoms. The molecule has 5 heteroatoms. The SMILES string of the molecule is O=C(O)[C@H]1CCCN(C(=O)COc2ccc3c(c2)CCC3)C1. The summed E-state index contributed by atoms with van der Waals surface area (Å²) in [7, 11) is 0. The van der Waals surface area contributed by atoms with Crippen molar-refractivity contribution in [1.29, 1.82) is 0 Å². The molecule has 1 fully saturated rings. The van der Waals surface area contributed by atoms with E-state index >= 15 is 0 Å². The Morgan fingerprint density at radius 3 is 2.86 bits per heavy atom. The minimum absolute atomic E-state index is 0.0227. The maximum atomic E-state index is 12.2. The van der Waals surface area contributed by atoms with E-state index in [0.717, 1.165) is 25.0 Å². The van der Waals surface area contributed by atoms with E-state index < -0.39 is 11.9 Å². The number of carboxylic acids is 1. The lowest BCUT2D eigenvalue weighted by Crippen LogP contribution is -2.44. The third kappa shape index (κ3) is 3.24. The number of hydrogen-bond acceptors (Lipinski definition) is 3. The first-order valence-electron chi connectivity index (χ1n) is 7.88. The number of fused-ring (bicyclic) bond motifs is 1. The fourth-order valence-corrected chi connectivity index (χ4v) is 3.28. The molecule has 5 nitrogen and oxygen atoms in total. The van der Waals surface area contributed by atoms with E-state index in [0.29, 0.717) is 19.5 Å². The normalized spacial score (nSPS) is 20.5. The first kappa shape index (κ1) is 14.9. The van der Waals surface area contributed by atoms with Crippen LogP contribution >= 0.6 is 0 Å². The number of piperidine rings is 1. The maximum absolute atomic E-state index is 12.2. The number of aliphatic carboxylic acids is 1. The predicted molar refractivity (Wildman–Crippen MR) is 80.9 cm³/mol. The molecule has 1 aromatic rings. The van der Waals surface area contributed by atoms with Crippen molar-refractivity contribution in [3.8, 4) is 5.75 Å². The number of amides is 1. The van der Waals surface area contributed by atoms with E-state index in [2.05, 4.69) is 6.07 Å². The van der Waals surface area contributed by atoms with Crippen LogP contribution in [0.4, 0.5) is 0 Å². The van der Waals surface area contributed by atoms with Crippen LogP contribution in [0.25, 0.3) is 0 Å². The third-order valence-corrected chi connectivity index (χ3v) is 4.56. The van der Waals surface area contributed by atoms with Gasteiger partial charge < -0.3 is 14.7 Å². The number of benzene rings is 1. The van der Waals surface area contributed by atoms with E-state index in [1.807, 2.05) is 12.1 Å². The smallest absolute Gasteiger partial charge is 0.308 e. The van der Waals surface area contributed by atoms with E-state index in [1.165, 1.54) is 17.5 Å². The van der Waals surface area contributed by atoms with Crippen molar-refractivity contribution in [3.05, 3.63) is 29.3 Å². The largest absolute Gasteiger partial charge is 0.484 e. The highest BCUT2D eigenvalue weighted by molar-refractivity contribution is 5.79. The van der Waals surface area contributed by atoms with Crippen LogP contribution in [0.3, 0.4) is 0 Å². The van der Waals surface area contributed by atoms with Crippen LogP contribution in [0.2, 0.25) is 0 Å². The topological polar surface area (TPSA) is 66.8 Å². The monoisotopic (exact) mass is 303 g/mol. The third-order valence-electron chi connectivity index (χ3n) is 4.56. The molecule has 1 saturated heterocycles. The van der Waals surface area contributed by atoms with Gasteiger partial charge in [0.2, 0.25) is 0 Å². The van der Waals surface area contributed by atoms with Gasteiger partial charge in [-0.3, -0.25) is 9.59 Å². The summed E-state index contributed by atoms with van der Waals surface area (Å²) in [5, 5.41) is 9.07. The number of rotatable bonds is 4. The molecular formula is C17H21NO4. The fraction of sp³-hybridized carbons (Fsp3) is 0.529. The van der Waals surface area contributed by atoms with Crippen molar-refractivity contribution in [1.82, 2.24) is 4.90 Å². The molecule has 0 unspecified atom stereocenters. The van der Waals surface area contributed by atoms with Gasteiger partial charge in [0.05, 0.1) is 5.92 Å². The van der Waals surface area contributed by atoms with Gasteiger partial charge in [0, 0.05) is 13.1 Å². The number of carboxylic acid groups (broad SMARTS) is 1. The molecule has 3 rings (SSSR count). The van der Waals surface area contributed by atoms with Crippen molar-refractivity contribution < 1.29 is 19.4 Å². The van der Waals surface area contributed by atoms with Gasteiger partial charge in [-0.2, -0.15) is 0 Å². The highest BCUT2D eigenvalue weighted by Crippen LogP contribution is 2.26. The minimum Gasteiger partial charge on any atom is -0.484 e. The highest BCUT2D eigenvalue weighted by atomic mass is 16.5. The number of nitrogens with zero attached hydrogens (tertiary/aromatic N) is 1. The first-order valence-corrected chi connectivity index (χ1v) is 7.88. The van der Waals surface area contributed by atoms with Crippen LogP contribution < -0.4 is 4.74 Å². The molecule has 2 aliphatic rings. The molecule has 1 heterocycles. The fourth-order valence-electron chi connectivity index (χ4n) is 3.28. The second-order valence-corrected chi connectivity index (χ2v) is 6.09. The number of ether oxygens (including phenoxy) is 1. The summed E-state index contributed by atoms with van der Waals surface area (Å²) in [5.41, 5.74) is 2.69. The average Bonchev–Trinajstić information content (AvgIpc) is 3.00. The van der Waals surface area contributed by atoms with E-state index in [9.17, 15) is 9.59 Å². The van der Waals surface area contributed by atoms with Crippen molar-refractivity contribution in [2.75, 3.05) is 19.7 Å². The number of carbonyl (C=O) groups excluding carboxylic acids is 1. The molecule has 1 aliphatic heterocycles. The average molecular weight is 303 g/mol. The number of carbonyl (C=O) groups is 2. The number of likely N-dealkylation sites (tertiary alicyclic amines) is 1. The molecule has 1 atom stereocenters. The Bertz CT molecular complexity index is 584. The first-order chi connectivity index (χ1) is 10.6. The summed E-state index contributed by atoms with van der Waals surface area (Å²) in [6, 6.07) is 6.00. The van der Waals surface area contributed by atoms with Crippen LogP contribution in [0, 0.1) is 5.92 Å². The summed E-state index contributed by atoms with van der Waals surface area (Å²) in [4.78, 5) is 24.8. The Morgan fingerprint density at radius 1 is 1.23 bits per heavy atom. The van der Waals surface area contributed by atoms with Gasteiger partial charge in [-0.25, -0.2) is 0 Å². The summed E-state index contributed by atoms with van der Waals surface area (Å²) < 4.78 is 5.60. The van der Waals surface area contributed by atoms with Crippen LogP contribution in [0.5, 0.6) is 5.75 Å². The zero-order chi connectivity index (χ0) is 15.5. The van der Waals surface area contributed by atoms with Gasteiger partial charge in [0.15, 0.2) is 6.61 Å². The van der Waals surface area contributed by atoms with E-state index in [4.69, 9.17) is 9.84 Å². The molecule has 1 amide bonds. The molecule has 1 N–H and O–H groups in total. The van der Waals surface area contributed by atoms with Gasteiger partial charge in [-0.1, -0.05) is 6.07 Å². The second kappa shape index (κ2) is 6.38. The Balaban J connectivity index is 1.54. The van der Waals surface area contributed by atoms with Crippen molar-refractivity contribution in [3.63, 3.8) is 0 Å². The standard InChI is InChI=1S/C17H21NO4/c19-16(18-8-2-5-14(10-18)17(20)21)11-22-15-7-6-12-3-1-4-13(12)9-15/h6-7,9,14H,1-5,8,10-11H2,(H,20,21)/t14-/m0/s1. The van der Waals surface area contributed by atoms with E-state index in [1.54, 1.807) is 4.90 Å². The molecule has 22 heavy (non-hydrogen) atoms. The van der Waals surface area contributed by atoms with Crippen LogP contribution in [-0.2, 0) is 22.4 Å². The zero-order valence-electron chi connectivity index (χ0n) is 12.6. The lowest BCUT2D eigenvalue weighted by molar-refractivity contribution is -0.146. The number of hydrogen-bond donors (Lipinski definition) is 1. The van der Waals surface area contributed by atoms with Gasteiger partial charge >= 0.3 is 5.97 Å². The van der Waals surface area contributed by atoms with Crippen LogP contribution in [0.15, 0.2) is 18.2 Å². The quantitative estimate of drug-likeness (QED) is 0.922. The Kier molecular flexibility index (Phi) is 4.32. The van der Waals surface area contributed by atoms with Crippen LogP contribution in [0.1, 0.15) is 30.4 Å². The van der Waals surface area contributed by atoms with Gasteiger partial charge in [-0.15, -0.1) is 0 Å². The predicted octanol–water partition coefficient (Wildman–Crippen LogP) is 1.88. The zero-order valence-corrected chi connectivity index (χ0v) is 12.6. The lowest BCUT2D eigenvalue weighted by atomic mass is 9.98. The molecule has 0 radical (unpaired) electrons. The lowest BCUT2D eigenvalue weighted by Gasteiger charge is -2.30. The number of aryl methyl sites for hydroxylation is 2. The van der Waals surface area contributed by atoms with Crippen LogP contribution in [-0.4, -0.2) is 41.6 Å². The Labute approximate surface area is 129 Å². The Morgan fingerprint density at radius 2 is 2.05 bits per heavy atom. The molecule has 118 valence electrons. The minimum atomic E-state index is -0.822. The highest BCUT2D eigenvalue weighted by Gasteiger charge is 2.28. The van der Waals surface area contributed by atoms with E-state index in [-0.39, 0.29) is 12.5 Å². The summed E-state index contributed by atoms with van der Waals surface area (Å²) in [6.45, 7) is 0.892. The second-order valence-electron chi connectivity index (χ2n) is 6.09. The maximum Gasteiger partial charge on any atom is 0.308 e. The van der Waals surface area contributed by atoms with Gasteiger partial charge in [-0.05, 0) is 55.4 Å². The summed E-state index contributed by atoms with van der Waals surface area (Å²) >= 11 is 0. The van der Waals surface area contributed by atoms with Crippen molar-refractivity contribution in [2.45, 2.75) is 32.1 Å². The molecule has 0 bridgehead atoms. The van der Waals surface area contributed by atoms with Gasteiger partial charge in [0.25, 0.3) is 5.91 Å². The van der Waals surface area contributed by atoms with Gasteiger partial charge in [0.1, 0.15) is 5.75 Å². The molecule has 0 aromatic heterocycles.